The molecule has 0 spiro atoms. The lowest BCUT2D eigenvalue weighted by molar-refractivity contribution is -0.132. The highest BCUT2D eigenvalue weighted by Gasteiger charge is 2.47. The van der Waals surface area contributed by atoms with Crippen LogP contribution in [-0.4, -0.2) is 40.2 Å². The van der Waals surface area contributed by atoms with Crippen molar-refractivity contribution < 1.29 is 4.79 Å². The number of carbonyl (C=O) groups excluding carboxylic acids is 1. The molecule has 2 aliphatic heterocycles. The van der Waals surface area contributed by atoms with E-state index in [1.807, 2.05) is 24.3 Å². The van der Waals surface area contributed by atoms with Crippen molar-refractivity contribution in [1.82, 2.24) is 20.0 Å². The molecular formula is C24H27ClN4O2. The molecule has 6 nitrogen and oxygen atoms in total. The average molecular weight is 439 g/mol. The molecule has 162 valence electrons. The zero-order valence-corrected chi connectivity index (χ0v) is 18.6. The summed E-state index contributed by atoms with van der Waals surface area (Å²) in [4.78, 5) is 28.0. The Morgan fingerprint density at radius 3 is 2.58 bits per heavy atom. The van der Waals surface area contributed by atoms with Crippen molar-refractivity contribution in [3.05, 3.63) is 75.7 Å². The molecule has 0 aliphatic carbocycles. The van der Waals surface area contributed by atoms with Crippen LogP contribution in [0.3, 0.4) is 0 Å². The fourth-order valence-electron chi connectivity index (χ4n) is 5.25. The third-order valence-electron chi connectivity index (χ3n) is 6.74. The second-order valence-electron chi connectivity index (χ2n) is 8.53. The number of amides is 1. The lowest BCUT2D eigenvalue weighted by Crippen LogP contribution is -2.36. The van der Waals surface area contributed by atoms with Crippen LogP contribution in [0.4, 0.5) is 0 Å². The van der Waals surface area contributed by atoms with Crippen molar-refractivity contribution in [2.75, 3.05) is 19.6 Å². The minimum absolute atomic E-state index is 0. The van der Waals surface area contributed by atoms with Crippen molar-refractivity contribution in [2.45, 2.75) is 19.4 Å². The van der Waals surface area contributed by atoms with Gasteiger partial charge in [-0.3, -0.25) is 9.59 Å². The molecule has 0 radical (unpaired) electrons. The molecule has 7 heteroatoms. The predicted octanol–water partition coefficient (Wildman–Crippen LogP) is 2.63. The Morgan fingerprint density at radius 1 is 1.10 bits per heavy atom. The maximum atomic E-state index is 13.6. The Morgan fingerprint density at radius 2 is 1.81 bits per heavy atom. The molecule has 2 fully saturated rings. The Balaban J connectivity index is 0.00000231. The summed E-state index contributed by atoms with van der Waals surface area (Å²) in [6.45, 7) is 4.78. The largest absolute Gasteiger partial charge is 0.335 e. The van der Waals surface area contributed by atoms with E-state index in [4.69, 9.17) is 0 Å². The molecule has 3 atom stereocenters. The summed E-state index contributed by atoms with van der Waals surface area (Å²) in [5.74, 6) is 0.984. The Bertz CT molecular complexity index is 1190. The van der Waals surface area contributed by atoms with E-state index in [1.54, 1.807) is 13.1 Å². The van der Waals surface area contributed by atoms with E-state index in [-0.39, 0.29) is 36.3 Å². The van der Waals surface area contributed by atoms with E-state index in [0.29, 0.717) is 22.9 Å². The summed E-state index contributed by atoms with van der Waals surface area (Å²) in [6.07, 6.45) is 0.198. The number of fused-ring (bicyclic) bond motifs is 2. The fourth-order valence-corrected chi connectivity index (χ4v) is 5.25. The number of nitrogens with zero attached hydrogens (tertiary/aromatic N) is 3. The first-order valence-electron chi connectivity index (χ1n) is 10.5. The summed E-state index contributed by atoms with van der Waals surface area (Å²) >= 11 is 0. The Hall–Kier alpha value is -2.70. The normalized spacial score (nSPS) is 22.4. The summed E-state index contributed by atoms with van der Waals surface area (Å²) in [7, 11) is 1.64. The van der Waals surface area contributed by atoms with Gasteiger partial charge in [-0.05, 0) is 30.0 Å². The number of likely N-dealkylation sites (tertiary alicyclic amines) is 1. The first-order chi connectivity index (χ1) is 14.5. The van der Waals surface area contributed by atoms with E-state index in [9.17, 15) is 9.59 Å². The van der Waals surface area contributed by atoms with Crippen LogP contribution in [0.15, 0.2) is 53.3 Å². The van der Waals surface area contributed by atoms with E-state index < -0.39 is 0 Å². The zero-order valence-electron chi connectivity index (χ0n) is 17.7. The smallest absolute Gasteiger partial charge is 0.274 e. The van der Waals surface area contributed by atoms with Crippen molar-refractivity contribution >= 4 is 29.1 Å². The number of benzene rings is 2. The van der Waals surface area contributed by atoms with Crippen LogP contribution in [-0.2, 0) is 18.3 Å². The molecule has 0 saturated carbocycles. The first-order valence-corrected chi connectivity index (χ1v) is 10.5. The van der Waals surface area contributed by atoms with Gasteiger partial charge in [0, 0.05) is 38.0 Å². The standard InChI is InChI=1S/C24H26N4O2.ClH/c1-15-7-3-4-8-17(15)23-20-13-25-12-16(20)14-28(23)22(29)11-21-18-9-5-6-10-19(18)24(30)27(2)26-21;/h3-10,16,20,23,25H,11-14H2,1-2H3;1H/t16-,20-,23-;/m0./s1. The quantitative estimate of drug-likeness (QED) is 0.682. The Kier molecular flexibility index (Phi) is 5.86. The van der Waals surface area contributed by atoms with Crippen LogP contribution in [0.5, 0.6) is 0 Å². The third-order valence-corrected chi connectivity index (χ3v) is 6.74. The molecule has 3 heterocycles. The fraction of sp³-hybridized carbons (Fsp3) is 0.375. The minimum Gasteiger partial charge on any atom is -0.335 e. The molecule has 3 aromatic rings. The molecule has 1 amide bonds. The summed E-state index contributed by atoms with van der Waals surface area (Å²) in [5, 5.41) is 9.32. The van der Waals surface area contributed by atoms with E-state index in [0.717, 1.165) is 25.0 Å². The molecule has 31 heavy (non-hydrogen) atoms. The SMILES string of the molecule is Cc1ccccc1[C@H]1[C@H]2CNC[C@H]2CN1C(=O)Cc1nn(C)c(=O)c2ccccc12.Cl. The van der Waals surface area contributed by atoms with Gasteiger partial charge in [0.1, 0.15) is 0 Å². The number of aryl methyl sites for hydroxylation is 2. The van der Waals surface area contributed by atoms with Crippen LogP contribution < -0.4 is 10.9 Å². The summed E-state index contributed by atoms with van der Waals surface area (Å²) in [5.41, 5.74) is 2.98. The molecule has 0 unspecified atom stereocenters. The highest BCUT2D eigenvalue weighted by Crippen LogP contribution is 2.43. The molecule has 1 N–H and O–H groups in total. The number of hydrogen-bond donors (Lipinski definition) is 1. The lowest BCUT2D eigenvalue weighted by atomic mass is 9.87. The van der Waals surface area contributed by atoms with Gasteiger partial charge >= 0.3 is 0 Å². The van der Waals surface area contributed by atoms with E-state index in [1.165, 1.54) is 15.8 Å². The molecule has 2 aromatic carbocycles. The Labute approximate surface area is 187 Å². The highest BCUT2D eigenvalue weighted by atomic mass is 35.5. The van der Waals surface area contributed by atoms with Crippen LogP contribution in [0.1, 0.15) is 22.9 Å². The number of aromatic nitrogens is 2. The van der Waals surface area contributed by atoms with E-state index in [2.05, 4.69) is 40.4 Å². The number of rotatable bonds is 3. The molecule has 5 rings (SSSR count). The average Bonchev–Trinajstić information content (AvgIpc) is 3.34. The minimum atomic E-state index is -0.138. The van der Waals surface area contributed by atoms with Gasteiger partial charge in [-0.1, -0.05) is 42.5 Å². The zero-order chi connectivity index (χ0) is 20.8. The van der Waals surface area contributed by atoms with Crippen LogP contribution in [0.25, 0.3) is 10.8 Å². The van der Waals surface area contributed by atoms with Gasteiger partial charge in [0.05, 0.1) is 23.5 Å². The van der Waals surface area contributed by atoms with Crippen molar-refractivity contribution in [1.29, 1.82) is 0 Å². The number of nitrogens with one attached hydrogen (secondary N) is 1. The highest BCUT2D eigenvalue weighted by molar-refractivity contribution is 5.88. The number of hydrogen-bond acceptors (Lipinski definition) is 4. The van der Waals surface area contributed by atoms with Crippen molar-refractivity contribution in [2.24, 2.45) is 18.9 Å². The van der Waals surface area contributed by atoms with Gasteiger partial charge in [0.25, 0.3) is 5.56 Å². The molecule has 2 aliphatic rings. The first kappa shape index (κ1) is 21.5. The predicted molar refractivity (Wildman–Crippen MR) is 123 cm³/mol. The molecule has 1 aromatic heterocycles. The van der Waals surface area contributed by atoms with Gasteiger partial charge in [-0.2, -0.15) is 5.10 Å². The second-order valence-corrected chi connectivity index (χ2v) is 8.53. The van der Waals surface area contributed by atoms with Crippen LogP contribution in [0, 0.1) is 18.8 Å². The van der Waals surface area contributed by atoms with Gasteiger partial charge in [-0.15, -0.1) is 12.4 Å². The molecule has 2 saturated heterocycles. The third kappa shape index (κ3) is 3.64. The van der Waals surface area contributed by atoms with Crippen LogP contribution in [0.2, 0.25) is 0 Å². The molecular weight excluding hydrogens is 412 g/mol. The monoisotopic (exact) mass is 438 g/mol. The van der Waals surface area contributed by atoms with Crippen molar-refractivity contribution in [3.63, 3.8) is 0 Å². The number of halogens is 1. The van der Waals surface area contributed by atoms with E-state index >= 15 is 0 Å². The number of carbonyl (C=O) groups is 1. The van der Waals surface area contributed by atoms with Gasteiger partial charge in [0.15, 0.2) is 0 Å². The lowest BCUT2D eigenvalue weighted by Gasteiger charge is -2.29. The maximum Gasteiger partial charge on any atom is 0.274 e. The second kappa shape index (κ2) is 8.44. The maximum absolute atomic E-state index is 13.6. The summed E-state index contributed by atoms with van der Waals surface area (Å²) < 4.78 is 1.34. The topological polar surface area (TPSA) is 67.2 Å². The van der Waals surface area contributed by atoms with Gasteiger partial charge < -0.3 is 10.2 Å². The van der Waals surface area contributed by atoms with Crippen LogP contribution >= 0.6 is 12.4 Å². The molecule has 0 bridgehead atoms. The van der Waals surface area contributed by atoms with Gasteiger partial charge in [-0.25, -0.2) is 4.68 Å². The van der Waals surface area contributed by atoms with Gasteiger partial charge in [0.2, 0.25) is 5.91 Å². The van der Waals surface area contributed by atoms with Crippen molar-refractivity contribution in [3.8, 4) is 0 Å². The summed E-state index contributed by atoms with van der Waals surface area (Å²) in [6, 6.07) is 15.9.